The van der Waals surface area contributed by atoms with Gasteiger partial charge in [-0.05, 0) is 18.4 Å². The molecule has 0 aromatic carbocycles. The van der Waals surface area contributed by atoms with Gasteiger partial charge in [-0.25, -0.2) is 0 Å². The summed E-state index contributed by atoms with van der Waals surface area (Å²) >= 11 is 0. The van der Waals surface area contributed by atoms with E-state index in [0.29, 0.717) is 12.8 Å². The van der Waals surface area contributed by atoms with Crippen LogP contribution in [0.5, 0.6) is 0 Å². The van der Waals surface area contributed by atoms with Crippen LogP contribution in [0.3, 0.4) is 0 Å². The van der Waals surface area contributed by atoms with Crippen molar-refractivity contribution in [1.29, 1.82) is 0 Å². The molecule has 11 heavy (non-hydrogen) atoms. The zero-order chi connectivity index (χ0) is 8.10. The van der Waals surface area contributed by atoms with Gasteiger partial charge in [0.25, 0.3) is 0 Å². The van der Waals surface area contributed by atoms with Crippen molar-refractivity contribution in [2.24, 2.45) is 0 Å². The summed E-state index contributed by atoms with van der Waals surface area (Å²) in [5.41, 5.74) is 0.874. The first-order valence-electron chi connectivity index (χ1n) is 3.84. The lowest BCUT2D eigenvalue weighted by Gasteiger charge is -1.98. The molecule has 0 aromatic heterocycles. The monoisotopic (exact) mass is 152 g/mol. The molecule has 1 rings (SSSR count). The van der Waals surface area contributed by atoms with E-state index < -0.39 is 0 Å². The normalized spacial score (nSPS) is 15.2. The zero-order valence-corrected chi connectivity index (χ0v) is 6.42. The van der Waals surface area contributed by atoms with Crippen molar-refractivity contribution >= 4 is 5.78 Å². The van der Waals surface area contributed by atoms with E-state index in [9.17, 15) is 4.79 Å². The summed E-state index contributed by atoms with van der Waals surface area (Å²) in [5, 5.41) is 8.47. The number of rotatable bonds is 4. The Hall–Kier alpha value is -0.890. The maximum Gasteiger partial charge on any atom is 0.159 e. The number of hydrogen-bond acceptors (Lipinski definition) is 2. The van der Waals surface area contributed by atoms with Crippen LogP contribution in [-0.4, -0.2) is 17.5 Å². The molecule has 2 nitrogen and oxygen atoms in total. The fourth-order valence-electron chi connectivity index (χ4n) is 1.05. The van der Waals surface area contributed by atoms with Crippen molar-refractivity contribution in [3.8, 4) is 0 Å². The maximum absolute atomic E-state index is 11.2. The van der Waals surface area contributed by atoms with Crippen LogP contribution in [0.25, 0.3) is 0 Å². The molecule has 60 valence electrons. The van der Waals surface area contributed by atoms with E-state index in [1.54, 1.807) is 0 Å². The third-order valence-electron chi connectivity index (χ3n) is 1.69. The van der Waals surface area contributed by atoms with Crippen LogP contribution in [-0.2, 0) is 4.79 Å². The number of carbonyl (C=O) groups is 1. The number of aliphatic hydroxyl groups excluding tert-OH is 1. The second-order valence-corrected chi connectivity index (χ2v) is 2.57. The average Bonchev–Trinajstić information content (AvgIpc) is 2.52. The van der Waals surface area contributed by atoms with E-state index in [0.717, 1.165) is 12.0 Å². The molecule has 2 heteroatoms. The van der Waals surface area contributed by atoms with Crippen molar-refractivity contribution in [1.82, 2.24) is 0 Å². The Labute approximate surface area is 66.2 Å². The summed E-state index contributed by atoms with van der Waals surface area (Å²) < 4.78 is 0. The van der Waals surface area contributed by atoms with Crippen LogP contribution in [0.1, 0.15) is 19.3 Å². The van der Waals surface area contributed by atoms with Gasteiger partial charge < -0.3 is 5.11 Å². The molecule has 0 bridgehead atoms. The van der Waals surface area contributed by atoms with Gasteiger partial charge in [-0.1, -0.05) is 18.2 Å². The summed E-state index contributed by atoms with van der Waals surface area (Å²) in [7, 11) is 0. The van der Waals surface area contributed by atoms with Crippen LogP contribution in [0.2, 0.25) is 0 Å². The highest BCUT2D eigenvalue weighted by atomic mass is 16.3. The minimum atomic E-state index is 0.104. The van der Waals surface area contributed by atoms with E-state index in [4.69, 9.17) is 5.11 Å². The molecule has 0 spiro atoms. The van der Waals surface area contributed by atoms with Crippen molar-refractivity contribution < 1.29 is 9.90 Å². The van der Waals surface area contributed by atoms with Crippen LogP contribution >= 0.6 is 0 Å². The molecule has 0 radical (unpaired) electrons. The van der Waals surface area contributed by atoms with Gasteiger partial charge in [-0.15, -0.1) is 0 Å². The van der Waals surface area contributed by atoms with Crippen molar-refractivity contribution in [2.45, 2.75) is 19.3 Å². The van der Waals surface area contributed by atoms with Gasteiger partial charge in [0.05, 0.1) is 0 Å². The highest BCUT2D eigenvalue weighted by molar-refractivity contribution is 5.96. The van der Waals surface area contributed by atoms with Crippen LogP contribution < -0.4 is 0 Å². The second kappa shape index (κ2) is 4.09. The number of allylic oxidation sites excluding steroid dienone is 4. The number of Topliss-reactive ketones (excluding diaryl/α,β-unsaturated/α-hetero) is 1. The summed E-state index contributed by atoms with van der Waals surface area (Å²) in [6, 6.07) is 0. The molecule has 0 aromatic rings. The predicted molar refractivity (Wildman–Crippen MR) is 43.2 cm³/mol. The average molecular weight is 152 g/mol. The Morgan fingerprint density at radius 1 is 1.64 bits per heavy atom. The van der Waals surface area contributed by atoms with Crippen molar-refractivity contribution in [3.63, 3.8) is 0 Å². The fraction of sp³-hybridized carbons (Fsp3) is 0.444. The van der Waals surface area contributed by atoms with Crippen molar-refractivity contribution in [3.05, 3.63) is 23.8 Å². The van der Waals surface area contributed by atoms with Gasteiger partial charge in [-0.3, -0.25) is 4.79 Å². The Morgan fingerprint density at radius 3 is 3.00 bits per heavy atom. The first kappa shape index (κ1) is 8.21. The van der Waals surface area contributed by atoms with Crippen LogP contribution in [0.4, 0.5) is 0 Å². The zero-order valence-electron chi connectivity index (χ0n) is 6.42. The number of aliphatic hydroxyl groups is 1. The molecule has 0 atom stereocenters. The van der Waals surface area contributed by atoms with Crippen LogP contribution in [0.15, 0.2) is 23.8 Å². The van der Waals surface area contributed by atoms with Gasteiger partial charge in [0.2, 0.25) is 0 Å². The summed E-state index contributed by atoms with van der Waals surface area (Å²) in [4.78, 5) is 11.2. The Kier molecular flexibility index (Phi) is 3.05. The molecule has 0 unspecified atom stereocenters. The molecular formula is C9H12O2. The highest BCUT2D eigenvalue weighted by Gasteiger charge is 2.08. The van der Waals surface area contributed by atoms with Crippen molar-refractivity contribution in [2.75, 3.05) is 6.61 Å². The predicted octanol–water partition coefficient (Wildman–Crippen LogP) is 1.21. The third-order valence-corrected chi connectivity index (χ3v) is 1.69. The van der Waals surface area contributed by atoms with Gasteiger partial charge in [0.15, 0.2) is 5.78 Å². The van der Waals surface area contributed by atoms with E-state index >= 15 is 0 Å². The third kappa shape index (κ3) is 2.31. The lowest BCUT2D eigenvalue weighted by atomic mass is 10.1. The van der Waals surface area contributed by atoms with Crippen LogP contribution in [0, 0.1) is 0 Å². The van der Waals surface area contributed by atoms with Gasteiger partial charge >= 0.3 is 0 Å². The molecular weight excluding hydrogens is 140 g/mol. The maximum atomic E-state index is 11.2. The second-order valence-electron chi connectivity index (χ2n) is 2.57. The molecule has 0 heterocycles. The summed E-state index contributed by atoms with van der Waals surface area (Å²) in [6.45, 7) is 0.104. The van der Waals surface area contributed by atoms with E-state index in [-0.39, 0.29) is 12.4 Å². The molecule has 0 saturated carbocycles. The molecule has 1 aliphatic rings. The van der Waals surface area contributed by atoms with Gasteiger partial charge in [0.1, 0.15) is 0 Å². The van der Waals surface area contributed by atoms with Gasteiger partial charge in [-0.2, -0.15) is 0 Å². The van der Waals surface area contributed by atoms with E-state index in [1.165, 1.54) is 0 Å². The standard InChI is InChI=1S/C9H12O2/c10-7-3-6-9(11)8-4-1-2-5-8/h1-2,4,10H,3,5-7H2. The topological polar surface area (TPSA) is 37.3 Å². The summed E-state index contributed by atoms with van der Waals surface area (Å²) in [5.74, 6) is 0.170. The SMILES string of the molecule is O=C(CCCO)C1=CC=CC1. The molecule has 0 amide bonds. The minimum absolute atomic E-state index is 0.104. The van der Waals surface area contributed by atoms with E-state index in [1.807, 2.05) is 18.2 Å². The lowest BCUT2D eigenvalue weighted by Crippen LogP contribution is -2.01. The fourth-order valence-corrected chi connectivity index (χ4v) is 1.05. The number of hydrogen-bond donors (Lipinski definition) is 1. The lowest BCUT2D eigenvalue weighted by molar-refractivity contribution is -0.115. The van der Waals surface area contributed by atoms with E-state index in [2.05, 4.69) is 0 Å². The number of carbonyl (C=O) groups excluding carboxylic acids is 1. The first-order valence-corrected chi connectivity index (χ1v) is 3.84. The Balaban J connectivity index is 2.31. The molecule has 1 aliphatic carbocycles. The molecule has 0 saturated heterocycles. The first-order chi connectivity index (χ1) is 5.34. The van der Waals surface area contributed by atoms with Gasteiger partial charge in [0, 0.05) is 13.0 Å². The summed E-state index contributed by atoms with van der Waals surface area (Å²) in [6.07, 6.45) is 7.53. The quantitative estimate of drug-likeness (QED) is 0.657. The molecule has 0 aliphatic heterocycles. The largest absolute Gasteiger partial charge is 0.396 e. The molecule has 1 N–H and O–H groups in total. The Bertz CT molecular complexity index is 202. The minimum Gasteiger partial charge on any atom is -0.396 e. The highest BCUT2D eigenvalue weighted by Crippen LogP contribution is 2.13. The smallest absolute Gasteiger partial charge is 0.159 e. The Morgan fingerprint density at radius 2 is 2.45 bits per heavy atom. The number of ketones is 1. The molecule has 0 fully saturated rings.